The molecule has 2 heterocycles. The first-order valence-electron chi connectivity index (χ1n) is 15.7. The molecule has 10 heteroatoms. The average molecular weight is 629 g/mol. The molecule has 44 heavy (non-hydrogen) atoms. The monoisotopic (exact) mass is 628 g/mol. The fraction of sp³-hybridized carbons (Fsp3) is 0.412. The highest BCUT2D eigenvalue weighted by Crippen LogP contribution is 2.66. The molecule has 1 aliphatic carbocycles. The van der Waals surface area contributed by atoms with Gasteiger partial charge in [-0.05, 0) is 36.1 Å². The van der Waals surface area contributed by atoms with Crippen molar-refractivity contribution in [2.24, 2.45) is 11.5 Å². The maximum atomic E-state index is 5.89. The number of hydrogen-bond donors (Lipinski definition) is 4. The topological polar surface area (TPSA) is 128 Å². The number of anilines is 2. The molecule has 0 saturated heterocycles. The lowest BCUT2D eigenvalue weighted by atomic mass is 9.50. The molecule has 0 atom stereocenters. The van der Waals surface area contributed by atoms with Crippen molar-refractivity contribution in [2.75, 3.05) is 48.3 Å². The van der Waals surface area contributed by atoms with Crippen LogP contribution in [0.3, 0.4) is 0 Å². The SMILES string of the molecule is CCCNc1nc(SCCN)cc([C@H]2[C@H](c3ccccc3)[C@H](c3cc(SCCN)nc(NCCC)n3)[C@H]2c2ccccc2)n1. The molecule has 0 aliphatic heterocycles. The first kappa shape index (κ1) is 32.2. The molecule has 0 bridgehead atoms. The van der Waals surface area contributed by atoms with Crippen LogP contribution in [-0.2, 0) is 0 Å². The molecule has 8 nitrogen and oxygen atoms in total. The molecule has 1 aliphatic rings. The van der Waals surface area contributed by atoms with Crippen molar-refractivity contribution in [3.05, 3.63) is 95.3 Å². The third-order valence-corrected chi connectivity index (χ3v) is 9.74. The van der Waals surface area contributed by atoms with Gasteiger partial charge >= 0.3 is 0 Å². The zero-order valence-electron chi connectivity index (χ0n) is 25.7. The number of nitrogens with one attached hydrogen (secondary N) is 2. The van der Waals surface area contributed by atoms with E-state index in [1.807, 2.05) is 0 Å². The number of thioether (sulfide) groups is 2. The highest BCUT2D eigenvalue weighted by molar-refractivity contribution is 7.99. The Bertz CT molecular complexity index is 1290. The van der Waals surface area contributed by atoms with Gasteiger partial charge in [0.05, 0.1) is 11.4 Å². The van der Waals surface area contributed by atoms with E-state index < -0.39 is 0 Å². The predicted molar refractivity (Wildman–Crippen MR) is 185 cm³/mol. The van der Waals surface area contributed by atoms with E-state index in [1.165, 1.54) is 11.1 Å². The summed E-state index contributed by atoms with van der Waals surface area (Å²) in [7, 11) is 0. The van der Waals surface area contributed by atoms with E-state index in [2.05, 4.69) is 97.3 Å². The normalized spacial score (nSPS) is 19.4. The van der Waals surface area contributed by atoms with Crippen molar-refractivity contribution < 1.29 is 0 Å². The lowest BCUT2D eigenvalue weighted by Crippen LogP contribution is -2.41. The summed E-state index contributed by atoms with van der Waals surface area (Å²) in [6, 6.07) is 26.0. The van der Waals surface area contributed by atoms with Gasteiger partial charge in [-0.2, -0.15) is 0 Å². The molecule has 0 radical (unpaired) electrons. The van der Waals surface area contributed by atoms with Gasteiger partial charge in [-0.3, -0.25) is 0 Å². The van der Waals surface area contributed by atoms with Gasteiger partial charge in [0.25, 0.3) is 0 Å². The quantitative estimate of drug-likeness (QED) is 0.0811. The van der Waals surface area contributed by atoms with E-state index in [4.69, 9.17) is 31.4 Å². The highest BCUT2D eigenvalue weighted by Gasteiger charge is 2.54. The molecule has 1 fully saturated rings. The van der Waals surface area contributed by atoms with Crippen LogP contribution in [-0.4, -0.2) is 57.6 Å². The lowest BCUT2D eigenvalue weighted by Gasteiger charge is -2.52. The van der Waals surface area contributed by atoms with E-state index in [0.29, 0.717) is 25.0 Å². The van der Waals surface area contributed by atoms with Crippen molar-refractivity contribution in [1.29, 1.82) is 0 Å². The fourth-order valence-corrected chi connectivity index (χ4v) is 7.36. The Balaban J connectivity index is 1.67. The molecular formula is C34H44N8S2. The van der Waals surface area contributed by atoms with Crippen LogP contribution < -0.4 is 22.1 Å². The van der Waals surface area contributed by atoms with Gasteiger partial charge in [0.1, 0.15) is 10.1 Å². The maximum Gasteiger partial charge on any atom is 0.223 e. The van der Waals surface area contributed by atoms with Gasteiger partial charge in [0.15, 0.2) is 0 Å². The number of aromatic nitrogens is 4. The van der Waals surface area contributed by atoms with Crippen LogP contribution in [0.15, 0.2) is 82.8 Å². The first-order chi connectivity index (χ1) is 21.7. The highest BCUT2D eigenvalue weighted by atomic mass is 32.2. The van der Waals surface area contributed by atoms with Crippen LogP contribution in [0.1, 0.15) is 72.9 Å². The van der Waals surface area contributed by atoms with E-state index in [9.17, 15) is 0 Å². The Hall–Kier alpha value is -3.18. The Labute approximate surface area is 270 Å². The average Bonchev–Trinajstić information content (AvgIpc) is 3.05. The molecule has 2 aromatic carbocycles. The maximum absolute atomic E-state index is 5.89. The number of nitrogens with zero attached hydrogens (tertiary/aromatic N) is 4. The van der Waals surface area contributed by atoms with Crippen LogP contribution in [0.5, 0.6) is 0 Å². The van der Waals surface area contributed by atoms with Gasteiger partial charge in [0, 0.05) is 61.4 Å². The summed E-state index contributed by atoms with van der Waals surface area (Å²) in [6.07, 6.45) is 1.99. The molecular weight excluding hydrogens is 585 g/mol. The molecule has 5 rings (SSSR count). The Morgan fingerprint density at radius 2 is 1.00 bits per heavy atom. The molecule has 4 aromatic rings. The smallest absolute Gasteiger partial charge is 0.223 e. The van der Waals surface area contributed by atoms with E-state index >= 15 is 0 Å². The zero-order chi connectivity index (χ0) is 30.7. The molecule has 0 spiro atoms. The molecule has 232 valence electrons. The van der Waals surface area contributed by atoms with Crippen molar-refractivity contribution in [3.63, 3.8) is 0 Å². The zero-order valence-corrected chi connectivity index (χ0v) is 27.3. The molecule has 1 saturated carbocycles. The Morgan fingerprint density at radius 3 is 1.36 bits per heavy atom. The number of nitrogens with two attached hydrogens (primary N) is 2. The minimum absolute atomic E-state index is 0.120. The largest absolute Gasteiger partial charge is 0.354 e. The Morgan fingerprint density at radius 1 is 0.591 bits per heavy atom. The first-order valence-corrected chi connectivity index (χ1v) is 17.6. The summed E-state index contributed by atoms with van der Waals surface area (Å²) < 4.78 is 0. The van der Waals surface area contributed by atoms with E-state index in [1.54, 1.807) is 23.5 Å². The van der Waals surface area contributed by atoms with Gasteiger partial charge in [0.2, 0.25) is 11.9 Å². The van der Waals surface area contributed by atoms with Gasteiger partial charge in [-0.25, -0.2) is 19.9 Å². The third-order valence-electron chi connectivity index (χ3n) is 7.85. The number of hydrogen-bond acceptors (Lipinski definition) is 10. The van der Waals surface area contributed by atoms with Crippen LogP contribution in [0, 0.1) is 0 Å². The second-order valence-electron chi connectivity index (χ2n) is 11.0. The standard InChI is InChI=1S/C34H44N8S2/c1-3-17-37-33-39-25(21-27(41-33)43-19-15-35)31-29(23-11-7-5-8-12-23)32(30(31)24-13-9-6-10-14-24)26-22-28(44-20-16-36)42-34(40-26)38-18-4-2/h5-14,21-22,29-32H,3-4,15-20,35-36H2,1-2H3,(H,37,39,41)(H,38,40,42)/t29-,30-,31-,32-. The van der Waals surface area contributed by atoms with Crippen LogP contribution in [0.4, 0.5) is 11.9 Å². The number of rotatable bonds is 16. The van der Waals surface area contributed by atoms with Crippen molar-refractivity contribution in [2.45, 2.75) is 60.4 Å². The summed E-state index contributed by atoms with van der Waals surface area (Å²) in [5.41, 5.74) is 16.4. The van der Waals surface area contributed by atoms with Gasteiger partial charge in [-0.15, -0.1) is 23.5 Å². The summed E-state index contributed by atoms with van der Waals surface area (Å²) in [5.74, 6) is 3.52. The lowest BCUT2D eigenvalue weighted by molar-refractivity contribution is 0.219. The van der Waals surface area contributed by atoms with E-state index in [0.717, 1.165) is 58.9 Å². The van der Waals surface area contributed by atoms with Crippen LogP contribution >= 0.6 is 23.5 Å². The summed E-state index contributed by atoms with van der Waals surface area (Å²) >= 11 is 3.37. The summed E-state index contributed by atoms with van der Waals surface area (Å²) in [5, 5.41) is 8.81. The second kappa shape index (κ2) is 16.2. The number of benzene rings is 2. The molecule has 0 unspecified atom stereocenters. The molecule has 6 N–H and O–H groups in total. The minimum Gasteiger partial charge on any atom is -0.354 e. The van der Waals surface area contributed by atoms with Crippen molar-refractivity contribution in [3.8, 4) is 0 Å². The van der Waals surface area contributed by atoms with Crippen molar-refractivity contribution >= 4 is 35.4 Å². The Kier molecular flexibility index (Phi) is 11.9. The fourth-order valence-electron chi connectivity index (χ4n) is 6.00. The molecule has 2 aromatic heterocycles. The van der Waals surface area contributed by atoms with E-state index in [-0.39, 0.29) is 23.7 Å². The predicted octanol–water partition coefficient (Wildman–Crippen LogP) is 6.46. The summed E-state index contributed by atoms with van der Waals surface area (Å²) in [4.78, 5) is 20.0. The minimum atomic E-state index is 0.120. The van der Waals surface area contributed by atoms with Crippen molar-refractivity contribution in [1.82, 2.24) is 19.9 Å². The summed E-state index contributed by atoms with van der Waals surface area (Å²) in [6.45, 7) is 7.14. The third kappa shape index (κ3) is 7.72. The second-order valence-corrected chi connectivity index (χ2v) is 13.2. The van der Waals surface area contributed by atoms with Gasteiger partial charge in [-0.1, -0.05) is 74.5 Å². The van der Waals surface area contributed by atoms with Gasteiger partial charge < -0.3 is 22.1 Å². The molecule has 0 amide bonds. The van der Waals surface area contributed by atoms with Crippen LogP contribution in [0.25, 0.3) is 0 Å². The van der Waals surface area contributed by atoms with Crippen LogP contribution in [0.2, 0.25) is 0 Å².